The predicted octanol–water partition coefficient (Wildman–Crippen LogP) is 3.66. The lowest BCUT2D eigenvalue weighted by Crippen LogP contribution is -2.11. The Hall–Kier alpha value is -1.87. The largest absolute Gasteiger partial charge is 0.481 e. The minimum Gasteiger partial charge on any atom is -0.481 e. The van der Waals surface area contributed by atoms with E-state index < -0.39 is 6.10 Å². The quantitative estimate of drug-likeness (QED) is 0.932. The van der Waals surface area contributed by atoms with Gasteiger partial charge in [0.2, 0.25) is 5.88 Å². The molecule has 0 aliphatic rings. The highest BCUT2D eigenvalue weighted by atomic mass is 16.5. The van der Waals surface area contributed by atoms with Crippen LogP contribution in [0.2, 0.25) is 0 Å². The first-order chi connectivity index (χ1) is 9.90. The molecule has 0 radical (unpaired) electrons. The number of aliphatic hydroxyl groups is 1. The van der Waals surface area contributed by atoms with Gasteiger partial charge in [-0.05, 0) is 28.2 Å². The summed E-state index contributed by atoms with van der Waals surface area (Å²) in [6.45, 7) is 6.58. The zero-order chi connectivity index (χ0) is 15.5. The Morgan fingerprint density at radius 2 is 1.76 bits per heavy atom. The van der Waals surface area contributed by atoms with E-state index in [1.54, 1.807) is 19.4 Å². The minimum atomic E-state index is -0.552. The summed E-state index contributed by atoms with van der Waals surface area (Å²) in [5.41, 5.74) is 3.37. The van der Waals surface area contributed by atoms with Crippen LogP contribution in [0.1, 0.15) is 43.6 Å². The average molecular weight is 285 g/mol. The number of nitrogens with zero attached hydrogens (tertiary/aromatic N) is 1. The zero-order valence-electron chi connectivity index (χ0n) is 13.1. The van der Waals surface area contributed by atoms with Crippen LogP contribution in [-0.4, -0.2) is 17.2 Å². The van der Waals surface area contributed by atoms with Crippen molar-refractivity contribution < 1.29 is 9.84 Å². The Kier molecular flexibility index (Phi) is 4.63. The molecule has 2 aromatic rings. The molecular weight excluding hydrogens is 262 g/mol. The van der Waals surface area contributed by atoms with Gasteiger partial charge < -0.3 is 9.84 Å². The number of aliphatic hydroxyl groups excluding tert-OH is 1. The standard InChI is InChI=1S/C18H23NO2/c1-18(2,3)15-8-5-13(6-9-15)11-16(20)14-7-10-17(21-4)19-12-14/h5-10,12,16,20H,11H2,1-4H3. The summed E-state index contributed by atoms with van der Waals surface area (Å²) in [6, 6.07) is 12.0. The maximum Gasteiger partial charge on any atom is 0.212 e. The van der Waals surface area contributed by atoms with Crippen molar-refractivity contribution in [1.82, 2.24) is 4.98 Å². The van der Waals surface area contributed by atoms with Crippen molar-refractivity contribution in [3.63, 3.8) is 0 Å². The first kappa shape index (κ1) is 15.5. The van der Waals surface area contributed by atoms with Gasteiger partial charge in [-0.25, -0.2) is 4.98 Å². The van der Waals surface area contributed by atoms with E-state index in [9.17, 15) is 5.11 Å². The summed E-state index contributed by atoms with van der Waals surface area (Å²) < 4.78 is 5.02. The highest BCUT2D eigenvalue weighted by Crippen LogP contribution is 2.24. The third-order valence-corrected chi connectivity index (χ3v) is 3.60. The fourth-order valence-electron chi connectivity index (χ4n) is 2.19. The van der Waals surface area contributed by atoms with Gasteiger partial charge in [0.15, 0.2) is 0 Å². The highest BCUT2D eigenvalue weighted by Gasteiger charge is 2.14. The van der Waals surface area contributed by atoms with Gasteiger partial charge in [0.1, 0.15) is 0 Å². The minimum absolute atomic E-state index is 0.150. The average Bonchev–Trinajstić information content (AvgIpc) is 2.47. The molecule has 0 saturated carbocycles. The summed E-state index contributed by atoms with van der Waals surface area (Å²) in [4.78, 5) is 4.12. The van der Waals surface area contributed by atoms with Crippen molar-refractivity contribution in [3.05, 3.63) is 59.3 Å². The first-order valence-electron chi connectivity index (χ1n) is 7.17. The molecule has 1 aromatic heterocycles. The SMILES string of the molecule is COc1ccc(C(O)Cc2ccc(C(C)(C)C)cc2)cn1. The molecule has 1 heterocycles. The molecular formula is C18H23NO2. The molecule has 1 N–H and O–H groups in total. The van der Waals surface area contributed by atoms with Crippen LogP contribution in [0.4, 0.5) is 0 Å². The fourth-order valence-corrected chi connectivity index (χ4v) is 2.19. The Balaban J connectivity index is 2.06. The molecule has 0 amide bonds. The molecule has 0 saturated heterocycles. The predicted molar refractivity (Wildman–Crippen MR) is 84.6 cm³/mol. The summed E-state index contributed by atoms with van der Waals surface area (Å²) in [6.07, 6.45) is 1.69. The fraction of sp³-hybridized carbons (Fsp3) is 0.389. The van der Waals surface area contributed by atoms with Crippen LogP contribution < -0.4 is 4.74 Å². The molecule has 112 valence electrons. The molecule has 21 heavy (non-hydrogen) atoms. The summed E-state index contributed by atoms with van der Waals surface area (Å²) >= 11 is 0. The lowest BCUT2D eigenvalue weighted by Gasteiger charge is -2.19. The molecule has 0 bridgehead atoms. The highest BCUT2D eigenvalue weighted by molar-refractivity contribution is 5.29. The molecule has 0 aliphatic carbocycles. The van der Waals surface area contributed by atoms with Crippen molar-refractivity contribution in [3.8, 4) is 5.88 Å². The van der Waals surface area contributed by atoms with Gasteiger partial charge in [-0.1, -0.05) is 45.0 Å². The zero-order valence-corrected chi connectivity index (χ0v) is 13.1. The molecule has 3 nitrogen and oxygen atoms in total. The molecule has 2 rings (SSSR count). The second-order valence-corrected chi connectivity index (χ2v) is 6.30. The molecule has 0 aliphatic heterocycles. The van der Waals surface area contributed by atoms with E-state index in [0.29, 0.717) is 12.3 Å². The lowest BCUT2D eigenvalue weighted by atomic mass is 9.86. The van der Waals surface area contributed by atoms with Gasteiger partial charge in [0.25, 0.3) is 0 Å². The van der Waals surface area contributed by atoms with Crippen LogP contribution >= 0.6 is 0 Å². The first-order valence-corrected chi connectivity index (χ1v) is 7.17. The molecule has 3 heteroatoms. The number of hydrogen-bond donors (Lipinski definition) is 1. The monoisotopic (exact) mass is 285 g/mol. The topological polar surface area (TPSA) is 42.4 Å². The lowest BCUT2D eigenvalue weighted by molar-refractivity contribution is 0.178. The molecule has 1 aromatic carbocycles. The number of methoxy groups -OCH3 is 1. The Labute approximate surface area is 126 Å². The van der Waals surface area contributed by atoms with E-state index in [1.165, 1.54) is 5.56 Å². The number of pyridine rings is 1. The Morgan fingerprint density at radius 1 is 1.10 bits per heavy atom. The maximum atomic E-state index is 10.3. The number of aromatic nitrogens is 1. The van der Waals surface area contributed by atoms with Gasteiger partial charge in [-0.2, -0.15) is 0 Å². The molecule has 1 unspecified atom stereocenters. The molecule has 0 spiro atoms. The van der Waals surface area contributed by atoms with Gasteiger partial charge in [-0.15, -0.1) is 0 Å². The normalized spacial score (nSPS) is 13.0. The van der Waals surface area contributed by atoms with Crippen molar-refractivity contribution in [2.24, 2.45) is 0 Å². The Bertz CT molecular complexity index is 568. The third kappa shape index (κ3) is 4.05. The van der Waals surface area contributed by atoms with Crippen molar-refractivity contribution in [1.29, 1.82) is 0 Å². The van der Waals surface area contributed by atoms with Gasteiger partial charge in [-0.3, -0.25) is 0 Å². The van der Waals surface area contributed by atoms with E-state index in [2.05, 4.69) is 50.0 Å². The second-order valence-electron chi connectivity index (χ2n) is 6.30. The van der Waals surface area contributed by atoms with Crippen LogP contribution in [0.25, 0.3) is 0 Å². The van der Waals surface area contributed by atoms with Gasteiger partial charge >= 0.3 is 0 Å². The molecule has 1 atom stereocenters. The van der Waals surface area contributed by atoms with Crippen molar-refractivity contribution >= 4 is 0 Å². The van der Waals surface area contributed by atoms with E-state index >= 15 is 0 Å². The van der Waals surface area contributed by atoms with E-state index in [0.717, 1.165) is 11.1 Å². The second kappa shape index (κ2) is 6.27. The van der Waals surface area contributed by atoms with Crippen molar-refractivity contribution in [2.45, 2.75) is 38.7 Å². The maximum absolute atomic E-state index is 10.3. The van der Waals surface area contributed by atoms with Crippen LogP contribution in [0.15, 0.2) is 42.6 Å². The van der Waals surface area contributed by atoms with E-state index in [-0.39, 0.29) is 5.41 Å². The Morgan fingerprint density at radius 3 is 2.24 bits per heavy atom. The summed E-state index contributed by atoms with van der Waals surface area (Å²) in [7, 11) is 1.58. The summed E-state index contributed by atoms with van der Waals surface area (Å²) in [5.74, 6) is 0.556. The van der Waals surface area contributed by atoms with Crippen LogP contribution in [0.3, 0.4) is 0 Å². The van der Waals surface area contributed by atoms with Crippen LogP contribution in [-0.2, 0) is 11.8 Å². The van der Waals surface area contributed by atoms with Crippen LogP contribution in [0, 0.1) is 0 Å². The molecule has 0 fully saturated rings. The van der Waals surface area contributed by atoms with Crippen LogP contribution in [0.5, 0.6) is 5.88 Å². The van der Waals surface area contributed by atoms with Gasteiger partial charge in [0, 0.05) is 18.7 Å². The smallest absolute Gasteiger partial charge is 0.212 e. The van der Waals surface area contributed by atoms with E-state index in [4.69, 9.17) is 4.74 Å². The van der Waals surface area contributed by atoms with Crippen molar-refractivity contribution in [2.75, 3.05) is 7.11 Å². The van der Waals surface area contributed by atoms with E-state index in [1.807, 2.05) is 6.07 Å². The number of hydrogen-bond acceptors (Lipinski definition) is 3. The summed E-state index contributed by atoms with van der Waals surface area (Å²) in [5, 5.41) is 10.3. The number of ether oxygens (including phenoxy) is 1. The van der Waals surface area contributed by atoms with Gasteiger partial charge in [0.05, 0.1) is 13.2 Å². The number of rotatable bonds is 4. The number of benzene rings is 1. The third-order valence-electron chi connectivity index (χ3n) is 3.60.